The van der Waals surface area contributed by atoms with E-state index in [4.69, 9.17) is 16.3 Å². The molecule has 0 bridgehead atoms. The first kappa shape index (κ1) is 12.0. The first-order valence-electron chi connectivity index (χ1n) is 4.67. The quantitative estimate of drug-likeness (QED) is 0.576. The van der Waals surface area contributed by atoms with Crippen LogP contribution in [0.1, 0.15) is 5.56 Å². The summed E-state index contributed by atoms with van der Waals surface area (Å²) in [7, 11) is 1.67. The van der Waals surface area contributed by atoms with Gasteiger partial charge in [0, 0.05) is 13.7 Å². The number of methoxy groups -OCH3 is 1. The molecule has 1 N–H and O–H groups in total. The highest BCUT2D eigenvalue weighted by Crippen LogP contribution is 2.05. The van der Waals surface area contributed by atoms with Gasteiger partial charge < -0.3 is 10.1 Å². The molecular weight excluding hydrogens is 218 g/mol. The van der Waals surface area contributed by atoms with Gasteiger partial charge in [-0.2, -0.15) is 11.3 Å². The van der Waals surface area contributed by atoms with E-state index in [-0.39, 0.29) is 5.38 Å². The molecule has 14 heavy (non-hydrogen) atoms. The Bertz CT molecular complexity index is 228. The van der Waals surface area contributed by atoms with Crippen LogP contribution in [0.25, 0.3) is 0 Å². The second kappa shape index (κ2) is 7.23. The maximum atomic E-state index is 5.96. The van der Waals surface area contributed by atoms with E-state index in [1.165, 1.54) is 5.56 Å². The molecule has 0 fully saturated rings. The summed E-state index contributed by atoms with van der Waals surface area (Å²) in [5.74, 6) is 0. The molecule has 0 radical (unpaired) electrons. The van der Waals surface area contributed by atoms with Gasteiger partial charge in [0.25, 0.3) is 0 Å². The molecule has 0 aromatic carbocycles. The number of alkyl halides is 1. The van der Waals surface area contributed by atoms with E-state index in [1.54, 1.807) is 18.4 Å². The van der Waals surface area contributed by atoms with Crippen molar-refractivity contribution in [3.8, 4) is 0 Å². The summed E-state index contributed by atoms with van der Waals surface area (Å²) in [6, 6.07) is 2.15. The van der Waals surface area contributed by atoms with E-state index in [2.05, 4.69) is 22.1 Å². The van der Waals surface area contributed by atoms with E-state index < -0.39 is 0 Å². The molecule has 80 valence electrons. The lowest BCUT2D eigenvalue weighted by atomic mass is 10.2. The summed E-state index contributed by atoms with van der Waals surface area (Å²) in [6.45, 7) is 2.39. The van der Waals surface area contributed by atoms with E-state index in [1.807, 2.05) is 0 Å². The molecule has 0 aliphatic rings. The number of nitrogens with one attached hydrogen (secondary N) is 1. The van der Waals surface area contributed by atoms with E-state index in [0.717, 1.165) is 19.5 Å². The molecule has 1 aromatic heterocycles. The number of hydrogen-bond donors (Lipinski definition) is 1. The van der Waals surface area contributed by atoms with E-state index >= 15 is 0 Å². The second-order valence-corrected chi connectivity index (χ2v) is 4.54. The number of ether oxygens (including phenoxy) is 1. The Kier molecular flexibility index (Phi) is 6.19. The van der Waals surface area contributed by atoms with Crippen LogP contribution in [0, 0.1) is 0 Å². The minimum atomic E-state index is 0.0717. The molecule has 0 aliphatic carbocycles. The average molecular weight is 234 g/mol. The van der Waals surface area contributed by atoms with Crippen LogP contribution in [-0.2, 0) is 11.2 Å². The average Bonchev–Trinajstić information content (AvgIpc) is 2.65. The SMILES string of the molecule is COCC(Cl)CNCCc1ccsc1. The molecular formula is C10H16ClNOS. The molecule has 4 heteroatoms. The van der Waals surface area contributed by atoms with Crippen molar-refractivity contribution in [3.63, 3.8) is 0 Å². The highest BCUT2D eigenvalue weighted by molar-refractivity contribution is 7.07. The second-order valence-electron chi connectivity index (χ2n) is 3.14. The number of thiophene rings is 1. The van der Waals surface area contributed by atoms with Crippen molar-refractivity contribution >= 4 is 22.9 Å². The number of rotatable bonds is 7. The van der Waals surface area contributed by atoms with Crippen molar-refractivity contribution in [3.05, 3.63) is 22.4 Å². The summed E-state index contributed by atoms with van der Waals surface area (Å²) in [5, 5.41) is 7.65. The first-order valence-corrected chi connectivity index (χ1v) is 6.05. The van der Waals surface area contributed by atoms with Crippen LogP contribution < -0.4 is 5.32 Å². The van der Waals surface area contributed by atoms with E-state index in [9.17, 15) is 0 Å². The molecule has 0 amide bonds. The van der Waals surface area contributed by atoms with Crippen LogP contribution in [0.3, 0.4) is 0 Å². The smallest absolute Gasteiger partial charge is 0.0693 e. The van der Waals surface area contributed by atoms with Gasteiger partial charge in [0.15, 0.2) is 0 Å². The Hall–Kier alpha value is -0.0900. The Morgan fingerprint density at radius 2 is 2.50 bits per heavy atom. The Morgan fingerprint density at radius 1 is 1.64 bits per heavy atom. The van der Waals surface area contributed by atoms with Crippen molar-refractivity contribution in [2.75, 3.05) is 26.8 Å². The summed E-state index contributed by atoms with van der Waals surface area (Å²) >= 11 is 7.69. The minimum Gasteiger partial charge on any atom is -0.383 e. The molecule has 2 nitrogen and oxygen atoms in total. The normalized spacial score (nSPS) is 13.0. The lowest BCUT2D eigenvalue weighted by Crippen LogP contribution is -2.27. The Balaban J connectivity index is 1.99. The standard InChI is InChI=1S/C10H16ClNOS/c1-13-7-10(11)6-12-4-2-9-3-5-14-8-9/h3,5,8,10,12H,2,4,6-7H2,1H3. The molecule has 1 heterocycles. The molecule has 1 unspecified atom stereocenters. The summed E-state index contributed by atoms with van der Waals surface area (Å²) < 4.78 is 4.94. The van der Waals surface area contributed by atoms with Crippen LogP contribution in [0.5, 0.6) is 0 Å². The van der Waals surface area contributed by atoms with Gasteiger partial charge in [0.1, 0.15) is 0 Å². The maximum absolute atomic E-state index is 5.96. The minimum absolute atomic E-state index is 0.0717. The fourth-order valence-corrected chi connectivity index (χ4v) is 2.10. The Morgan fingerprint density at radius 3 is 3.14 bits per heavy atom. The molecule has 1 rings (SSSR count). The third kappa shape index (κ3) is 4.96. The van der Waals surface area contributed by atoms with Crippen LogP contribution in [0.4, 0.5) is 0 Å². The summed E-state index contributed by atoms with van der Waals surface area (Å²) in [5.41, 5.74) is 1.39. The maximum Gasteiger partial charge on any atom is 0.0693 e. The number of halogens is 1. The van der Waals surface area contributed by atoms with Crippen molar-refractivity contribution in [1.82, 2.24) is 5.32 Å². The summed E-state index contributed by atoms with van der Waals surface area (Å²) in [6.07, 6.45) is 1.07. The van der Waals surface area contributed by atoms with Crippen LogP contribution in [0.2, 0.25) is 0 Å². The molecule has 0 saturated heterocycles. The fourth-order valence-electron chi connectivity index (χ4n) is 1.17. The van der Waals surface area contributed by atoms with Crippen LogP contribution in [0.15, 0.2) is 16.8 Å². The lowest BCUT2D eigenvalue weighted by molar-refractivity contribution is 0.197. The third-order valence-corrected chi connectivity index (χ3v) is 2.90. The van der Waals surface area contributed by atoms with Crippen molar-refractivity contribution in [2.24, 2.45) is 0 Å². The van der Waals surface area contributed by atoms with Gasteiger partial charge in [-0.3, -0.25) is 0 Å². The Labute approximate surface area is 94.2 Å². The van der Waals surface area contributed by atoms with Gasteiger partial charge in [-0.25, -0.2) is 0 Å². The highest BCUT2D eigenvalue weighted by Gasteiger charge is 2.02. The third-order valence-electron chi connectivity index (χ3n) is 1.88. The predicted molar refractivity (Wildman–Crippen MR) is 62.4 cm³/mol. The fraction of sp³-hybridized carbons (Fsp3) is 0.600. The zero-order chi connectivity index (χ0) is 10.2. The van der Waals surface area contributed by atoms with Crippen molar-refractivity contribution < 1.29 is 4.74 Å². The zero-order valence-corrected chi connectivity index (χ0v) is 9.90. The number of hydrogen-bond acceptors (Lipinski definition) is 3. The van der Waals surface area contributed by atoms with Crippen LogP contribution >= 0.6 is 22.9 Å². The van der Waals surface area contributed by atoms with Gasteiger partial charge in [-0.05, 0) is 35.4 Å². The molecule has 0 spiro atoms. The van der Waals surface area contributed by atoms with Crippen molar-refractivity contribution in [1.29, 1.82) is 0 Å². The van der Waals surface area contributed by atoms with Crippen molar-refractivity contribution in [2.45, 2.75) is 11.8 Å². The predicted octanol–water partition coefficient (Wildman–Crippen LogP) is 2.13. The largest absolute Gasteiger partial charge is 0.383 e. The highest BCUT2D eigenvalue weighted by atomic mass is 35.5. The zero-order valence-electron chi connectivity index (χ0n) is 8.33. The monoisotopic (exact) mass is 233 g/mol. The summed E-state index contributed by atoms with van der Waals surface area (Å²) in [4.78, 5) is 0. The first-order chi connectivity index (χ1) is 6.83. The van der Waals surface area contributed by atoms with Gasteiger partial charge in [0.2, 0.25) is 0 Å². The van der Waals surface area contributed by atoms with Gasteiger partial charge in [-0.15, -0.1) is 11.6 Å². The molecule has 0 aliphatic heterocycles. The lowest BCUT2D eigenvalue weighted by Gasteiger charge is -2.08. The molecule has 1 aromatic rings. The topological polar surface area (TPSA) is 21.3 Å². The van der Waals surface area contributed by atoms with Gasteiger partial charge in [-0.1, -0.05) is 0 Å². The molecule has 1 atom stereocenters. The van der Waals surface area contributed by atoms with Crippen LogP contribution in [-0.4, -0.2) is 32.2 Å². The van der Waals surface area contributed by atoms with E-state index in [0.29, 0.717) is 6.61 Å². The molecule has 0 saturated carbocycles. The van der Waals surface area contributed by atoms with Gasteiger partial charge >= 0.3 is 0 Å². The van der Waals surface area contributed by atoms with Gasteiger partial charge in [0.05, 0.1) is 12.0 Å².